The van der Waals surface area contributed by atoms with Gasteiger partial charge in [0, 0.05) is 62.5 Å². The standard InChI is InChI=1S/C27H30FN5O3/c1-31-16-22(19-12-24(28)23(25(13-19)36-3)17-32-10-8-29-9-11-32)21-14-30-33(26(21)27(31)34)15-18-4-6-20(35-2)7-5-18/h4-7,12-14,16,29H,8-11,15,17H2,1-3H3. The average Bonchev–Trinajstić information content (AvgIpc) is 3.32. The first-order valence-electron chi connectivity index (χ1n) is 12.0. The molecular formula is C27H30FN5O3. The van der Waals surface area contributed by atoms with E-state index in [0.29, 0.717) is 40.9 Å². The predicted molar refractivity (Wildman–Crippen MR) is 137 cm³/mol. The van der Waals surface area contributed by atoms with Crippen LogP contribution in [-0.4, -0.2) is 59.6 Å². The number of pyridine rings is 1. The zero-order valence-electron chi connectivity index (χ0n) is 20.8. The van der Waals surface area contributed by atoms with Crippen LogP contribution in [0.3, 0.4) is 0 Å². The highest BCUT2D eigenvalue weighted by molar-refractivity contribution is 5.94. The number of rotatable bonds is 7. The molecule has 0 unspecified atom stereocenters. The van der Waals surface area contributed by atoms with Crippen LogP contribution in [-0.2, 0) is 20.1 Å². The van der Waals surface area contributed by atoms with Gasteiger partial charge in [-0.1, -0.05) is 12.1 Å². The average molecular weight is 492 g/mol. The van der Waals surface area contributed by atoms with Gasteiger partial charge in [-0.2, -0.15) is 5.10 Å². The van der Waals surface area contributed by atoms with Crippen molar-refractivity contribution in [1.82, 2.24) is 24.6 Å². The minimum Gasteiger partial charge on any atom is -0.497 e. The van der Waals surface area contributed by atoms with Crippen molar-refractivity contribution in [2.45, 2.75) is 13.1 Å². The van der Waals surface area contributed by atoms with Gasteiger partial charge in [0.2, 0.25) is 0 Å². The number of nitrogens with one attached hydrogen (secondary N) is 1. The van der Waals surface area contributed by atoms with E-state index in [2.05, 4.69) is 15.3 Å². The van der Waals surface area contributed by atoms with Crippen molar-refractivity contribution in [2.75, 3.05) is 40.4 Å². The van der Waals surface area contributed by atoms with E-state index in [1.165, 1.54) is 10.6 Å². The molecule has 8 nitrogen and oxygen atoms in total. The Morgan fingerprint density at radius 3 is 2.50 bits per heavy atom. The third kappa shape index (κ3) is 4.59. The van der Waals surface area contributed by atoms with E-state index in [-0.39, 0.29) is 11.4 Å². The van der Waals surface area contributed by atoms with E-state index in [0.717, 1.165) is 43.1 Å². The first kappa shape index (κ1) is 24.0. The monoisotopic (exact) mass is 491 g/mol. The Bertz CT molecular complexity index is 1440. The SMILES string of the molecule is COc1ccc(Cn2ncc3c(-c4cc(F)c(CN5CCNCC5)c(OC)c4)cn(C)c(=O)c32)cc1. The number of aromatic nitrogens is 3. The van der Waals surface area contributed by atoms with Crippen LogP contribution in [0.5, 0.6) is 11.5 Å². The van der Waals surface area contributed by atoms with Gasteiger partial charge in [0.05, 0.1) is 27.0 Å². The lowest BCUT2D eigenvalue weighted by molar-refractivity contribution is 0.227. The fourth-order valence-corrected chi connectivity index (χ4v) is 4.75. The van der Waals surface area contributed by atoms with Crippen molar-refractivity contribution in [3.05, 3.63) is 76.1 Å². The molecule has 0 saturated carbocycles. The lowest BCUT2D eigenvalue weighted by Crippen LogP contribution is -2.43. The summed E-state index contributed by atoms with van der Waals surface area (Å²) in [6.45, 7) is 4.41. The maximum atomic E-state index is 15.5. The van der Waals surface area contributed by atoms with Crippen LogP contribution in [0.4, 0.5) is 4.39 Å². The molecule has 0 spiro atoms. The molecule has 1 aliphatic rings. The van der Waals surface area contributed by atoms with Gasteiger partial charge >= 0.3 is 0 Å². The normalized spacial score (nSPS) is 14.3. The lowest BCUT2D eigenvalue weighted by atomic mass is 10.0. The molecule has 36 heavy (non-hydrogen) atoms. The molecule has 0 atom stereocenters. The van der Waals surface area contributed by atoms with Crippen LogP contribution in [0.1, 0.15) is 11.1 Å². The Balaban J connectivity index is 1.55. The first-order chi connectivity index (χ1) is 17.5. The van der Waals surface area contributed by atoms with Gasteiger partial charge in [0.25, 0.3) is 5.56 Å². The lowest BCUT2D eigenvalue weighted by Gasteiger charge is -2.28. The fourth-order valence-electron chi connectivity index (χ4n) is 4.75. The Morgan fingerprint density at radius 2 is 1.81 bits per heavy atom. The molecule has 1 aliphatic heterocycles. The van der Waals surface area contributed by atoms with Gasteiger partial charge < -0.3 is 19.4 Å². The highest BCUT2D eigenvalue weighted by Crippen LogP contribution is 2.34. The number of nitrogens with zero attached hydrogens (tertiary/aromatic N) is 4. The molecule has 2 aromatic carbocycles. The third-order valence-electron chi connectivity index (χ3n) is 6.74. The quantitative estimate of drug-likeness (QED) is 0.429. The molecular weight excluding hydrogens is 461 g/mol. The molecule has 0 amide bonds. The molecule has 0 bridgehead atoms. The van der Waals surface area contributed by atoms with Gasteiger partial charge in [-0.25, -0.2) is 4.39 Å². The van der Waals surface area contributed by atoms with E-state index in [4.69, 9.17) is 9.47 Å². The smallest absolute Gasteiger partial charge is 0.276 e. The molecule has 9 heteroatoms. The molecule has 3 heterocycles. The molecule has 4 aromatic rings. The number of methoxy groups -OCH3 is 2. The van der Waals surface area contributed by atoms with Crippen molar-refractivity contribution >= 4 is 10.9 Å². The molecule has 1 saturated heterocycles. The molecule has 1 fully saturated rings. The molecule has 188 valence electrons. The van der Waals surface area contributed by atoms with Crippen LogP contribution in [0, 0.1) is 5.82 Å². The predicted octanol–water partition coefficient (Wildman–Crippen LogP) is 3.01. The summed E-state index contributed by atoms with van der Waals surface area (Å²) in [5, 5.41) is 8.50. The Hall–Kier alpha value is -3.69. The maximum absolute atomic E-state index is 15.5. The van der Waals surface area contributed by atoms with Gasteiger partial charge in [-0.15, -0.1) is 0 Å². The molecule has 0 radical (unpaired) electrons. The van der Waals surface area contributed by atoms with Crippen molar-refractivity contribution in [3.8, 4) is 22.6 Å². The Morgan fingerprint density at radius 1 is 1.06 bits per heavy atom. The number of halogens is 1. The molecule has 2 aromatic heterocycles. The molecule has 0 aliphatic carbocycles. The van der Waals surface area contributed by atoms with Crippen LogP contribution in [0.2, 0.25) is 0 Å². The molecule has 1 N–H and O–H groups in total. The summed E-state index contributed by atoms with van der Waals surface area (Å²) in [6, 6.07) is 11.0. The summed E-state index contributed by atoms with van der Waals surface area (Å²) in [6.07, 6.45) is 3.41. The van der Waals surface area contributed by atoms with E-state index < -0.39 is 0 Å². The van der Waals surface area contributed by atoms with E-state index in [9.17, 15) is 4.79 Å². The van der Waals surface area contributed by atoms with Crippen LogP contribution in [0.15, 0.2) is 53.6 Å². The molecule has 5 rings (SSSR count). The summed E-state index contributed by atoms with van der Waals surface area (Å²) in [7, 11) is 4.88. The second kappa shape index (κ2) is 10.1. The summed E-state index contributed by atoms with van der Waals surface area (Å²) in [5.74, 6) is 0.935. The van der Waals surface area contributed by atoms with Gasteiger partial charge in [0.15, 0.2) is 0 Å². The van der Waals surface area contributed by atoms with Crippen LogP contribution in [0.25, 0.3) is 22.0 Å². The summed E-state index contributed by atoms with van der Waals surface area (Å²) in [5.41, 5.74) is 3.19. The third-order valence-corrected chi connectivity index (χ3v) is 6.74. The van der Waals surface area contributed by atoms with E-state index >= 15 is 4.39 Å². The summed E-state index contributed by atoms with van der Waals surface area (Å²) in [4.78, 5) is 15.3. The second-order valence-corrected chi connectivity index (χ2v) is 9.04. The largest absolute Gasteiger partial charge is 0.497 e. The van der Waals surface area contributed by atoms with Gasteiger partial charge in [-0.05, 0) is 35.4 Å². The zero-order chi connectivity index (χ0) is 25.2. The van der Waals surface area contributed by atoms with Crippen molar-refractivity contribution < 1.29 is 13.9 Å². The minimum absolute atomic E-state index is 0.164. The Labute approximate surface area is 208 Å². The van der Waals surface area contributed by atoms with Crippen molar-refractivity contribution in [3.63, 3.8) is 0 Å². The van der Waals surface area contributed by atoms with Crippen molar-refractivity contribution in [2.24, 2.45) is 7.05 Å². The summed E-state index contributed by atoms with van der Waals surface area (Å²) >= 11 is 0. The summed E-state index contributed by atoms with van der Waals surface area (Å²) < 4.78 is 29.5. The topological polar surface area (TPSA) is 73.5 Å². The number of hydrogen-bond donors (Lipinski definition) is 1. The number of aryl methyl sites for hydroxylation is 1. The number of piperazine rings is 1. The highest BCUT2D eigenvalue weighted by atomic mass is 19.1. The number of fused-ring (bicyclic) bond motifs is 1. The van der Waals surface area contributed by atoms with E-state index in [1.54, 1.807) is 38.3 Å². The van der Waals surface area contributed by atoms with Crippen LogP contribution < -0.4 is 20.3 Å². The second-order valence-electron chi connectivity index (χ2n) is 9.04. The van der Waals surface area contributed by atoms with Gasteiger partial charge in [-0.3, -0.25) is 14.4 Å². The fraction of sp³-hybridized carbons (Fsp3) is 0.333. The number of hydrogen-bond acceptors (Lipinski definition) is 6. The number of ether oxygens (including phenoxy) is 2. The first-order valence-corrected chi connectivity index (χ1v) is 12.0. The number of benzene rings is 2. The zero-order valence-corrected chi connectivity index (χ0v) is 20.8. The van der Waals surface area contributed by atoms with Crippen molar-refractivity contribution in [1.29, 1.82) is 0 Å². The van der Waals surface area contributed by atoms with E-state index in [1.807, 2.05) is 30.3 Å². The van der Waals surface area contributed by atoms with Crippen LogP contribution >= 0.6 is 0 Å². The minimum atomic E-state index is -0.324. The maximum Gasteiger partial charge on any atom is 0.276 e. The Kier molecular flexibility index (Phi) is 6.75. The highest BCUT2D eigenvalue weighted by Gasteiger charge is 2.20. The van der Waals surface area contributed by atoms with Gasteiger partial charge in [0.1, 0.15) is 22.8 Å².